The number of amides is 1. The zero-order valence-corrected chi connectivity index (χ0v) is 10.7. The number of nitrogens with one attached hydrogen (secondary N) is 1. The van der Waals surface area contributed by atoms with Gasteiger partial charge in [-0.3, -0.25) is 4.79 Å². The van der Waals surface area contributed by atoms with Crippen molar-refractivity contribution in [3.05, 3.63) is 44.6 Å². The Hall–Kier alpha value is -1.23. The predicted molar refractivity (Wildman–Crippen MR) is 70.4 cm³/mol. The lowest BCUT2D eigenvalue weighted by Gasteiger charge is -2.06. The number of phenolic OH excluding ortho intramolecular Hbond substituents is 1. The summed E-state index contributed by atoms with van der Waals surface area (Å²) < 4.78 is 0. The summed E-state index contributed by atoms with van der Waals surface area (Å²) in [6, 6.07) is 5.97. The summed E-state index contributed by atoms with van der Waals surface area (Å²) in [5, 5.41) is 14.2. The van der Waals surface area contributed by atoms with Gasteiger partial charge in [-0.25, -0.2) is 0 Å². The monoisotopic (exact) mass is 287 g/mol. The molecular weight excluding hydrogens is 281 g/mol. The number of rotatable bonds is 2. The maximum absolute atomic E-state index is 11.8. The quantitative estimate of drug-likeness (QED) is 0.820. The zero-order valence-electron chi connectivity index (χ0n) is 8.41. The Morgan fingerprint density at radius 2 is 2.00 bits per heavy atom. The topological polar surface area (TPSA) is 49.3 Å². The average molecular weight is 288 g/mol. The maximum atomic E-state index is 11.8. The SMILES string of the molecule is O=C(Nc1ccc(O)cc1Cl)c1sccc1Cl. The van der Waals surface area contributed by atoms with E-state index >= 15 is 0 Å². The number of benzene rings is 1. The summed E-state index contributed by atoms with van der Waals surface area (Å²) in [5.74, 6) is -0.278. The summed E-state index contributed by atoms with van der Waals surface area (Å²) in [6.45, 7) is 0. The van der Waals surface area contributed by atoms with Gasteiger partial charge >= 0.3 is 0 Å². The summed E-state index contributed by atoms with van der Waals surface area (Å²) >= 11 is 13.0. The van der Waals surface area contributed by atoms with Crippen LogP contribution >= 0.6 is 34.5 Å². The second-order valence-corrected chi connectivity index (χ2v) is 4.95. The number of hydrogen-bond donors (Lipinski definition) is 2. The molecule has 0 bridgehead atoms. The van der Waals surface area contributed by atoms with Gasteiger partial charge in [0.1, 0.15) is 10.6 Å². The lowest BCUT2D eigenvalue weighted by atomic mass is 10.3. The van der Waals surface area contributed by atoms with E-state index in [-0.39, 0.29) is 16.7 Å². The first-order valence-electron chi connectivity index (χ1n) is 4.61. The molecule has 0 unspecified atom stereocenters. The fraction of sp³-hybridized carbons (Fsp3) is 0. The van der Waals surface area contributed by atoms with Gasteiger partial charge in [0.15, 0.2) is 0 Å². The van der Waals surface area contributed by atoms with Crippen molar-refractivity contribution in [1.82, 2.24) is 0 Å². The van der Waals surface area contributed by atoms with Gasteiger partial charge in [0.05, 0.1) is 15.7 Å². The Morgan fingerprint density at radius 1 is 1.24 bits per heavy atom. The first kappa shape index (κ1) is 12.2. The molecule has 17 heavy (non-hydrogen) atoms. The number of phenols is 1. The minimum atomic E-state index is -0.322. The van der Waals surface area contributed by atoms with Crippen LogP contribution in [0.3, 0.4) is 0 Å². The Bertz CT molecular complexity index is 568. The fourth-order valence-corrected chi connectivity index (χ4v) is 2.50. The van der Waals surface area contributed by atoms with Gasteiger partial charge < -0.3 is 10.4 Å². The largest absolute Gasteiger partial charge is 0.508 e. The maximum Gasteiger partial charge on any atom is 0.267 e. The van der Waals surface area contributed by atoms with Gasteiger partial charge in [-0.1, -0.05) is 23.2 Å². The van der Waals surface area contributed by atoms with Crippen LogP contribution in [0.25, 0.3) is 0 Å². The smallest absolute Gasteiger partial charge is 0.267 e. The Labute approximate surface area is 112 Å². The van der Waals surface area contributed by atoms with E-state index in [9.17, 15) is 9.90 Å². The van der Waals surface area contributed by atoms with Crippen LogP contribution in [0.5, 0.6) is 5.75 Å². The third-order valence-electron chi connectivity index (χ3n) is 2.02. The minimum Gasteiger partial charge on any atom is -0.508 e. The van der Waals surface area contributed by atoms with E-state index in [1.807, 2.05) is 0 Å². The van der Waals surface area contributed by atoms with E-state index in [0.717, 1.165) is 0 Å². The third-order valence-corrected chi connectivity index (χ3v) is 3.68. The highest BCUT2D eigenvalue weighted by molar-refractivity contribution is 7.12. The van der Waals surface area contributed by atoms with Crippen LogP contribution in [0, 0.1) is 0 Å². The molecule has 1 aromatic heterocycles. The molecule has 0 radical (unpaired) electrons. The molecule has 0 aliphatic rings. The molecule has 3 nitrogen and oxygen atoms in total. The fourth-order valence-electron chi connectivity index (χ4n) is 1.24. The summed E-state index contributed by atoms with van der Waals surface area (Å²) in [6.07, 6.45) is 0. The van der Waals surface area contributed by atoms with E-state index < -0.39 is 0 Å². The lowest BCUT2D eigenvalue weighted by Crippen LogP contribution is -2.10. The summed E-state index contributed by atoms with van der Waals surface area (Å²) in [4.78, 5) is 12.3. The number of halogens is 2. The van der Waals surface area contributed by atoms with Crippen LogP contribution in [0.1, 0.15) is 9.67 Å². The second kappa shape index (κ2) is 4.96. The number of aromatic hydroxyl groups is 1. The molecule has 1 aromatic carbocycles. The highest BCUT2D eigenvalue weighted by Gasteiger charge is 2.13. The average Bonchev–Trinajstić information content (AvgIpc) is 2.68. The van der Waals surface area contributed by atoms with Gasteiger partial charge in [-0.05, 0) is 23.6 Å². The first-order valence-corrected chi connectivity index (χ1v) is 6.24. The lowest BCUT2D eigenvalue weighted by molar-refractivity contribution is 0.103. The molecule has 88 valence electrons. The zero-order chi connectivity index (χ0) is 12.4. The van der Waals surface area contributed by atoms with Crippen molar-refractivity contribution < 1.29 is 9.90 Å². The molecule has 0 saturated heterocycles. The molecule has 0 spiro atoms. The second-order valence-electron chi connectivity index (χ2n) is 3.22. The van der Waals surface area contributed by atoms with Crippen LogP contribution in [-0.2, 0) is 0 Å². The van der Waals surface area contributed by atoms with E-state index in [2.05, 4.69) is 5.32 Å². The molecular formula is C11H7Cl2NO2S. The highest BCUT2D eigenvalue weighted by atomic mass is 35.5. The number of thiophene rings is 1. The standard InChI is InChI=1S/C11H7Cl2NO2S/c12-7-3-4-17-10(7)11(16)14-9-2-1-6(15)5-8(9)13/h1-5,15H,(H,14,16). The highest BCUT2D eigenvalue weighted by Crippen LogP contribution is 2.28. The van der Waals surface area contributed by atoms with E-state index in [1.165, 1.54) is 29.5 Å². The normalized spacial score (nSPS) is 10.2. The van der Waals surface area contributed by atoms with Crippen molar-refractivity contribution in [2.24, 2.45) is 0 Å². The molecule has 0 fully saturated rings. The number of anilines is 1. The number of carbonyl (C=O) groups is 1. The van der Waals surface area contributed by atoms with E-state index in [0.29, 0.717) is 15.6 Å². The first-order chi connectivity index (χ1) is 8.08. The Balaban J connectivity index is 2.22. The van der Waals surface area contributed by atoms with Crippen molar-refractivity contribution in [3.63, 3.8) is 0 Å². The predicted octanol–water partition coefficient (Wildman–Crippen LogP) is 4.01. The Kier molecular flexibility index (Phi) is 3.57. The number of hydrogen-bond acceptors (Lipinski definition) is 3. The van der Waals surface area contributed by atoms with Crippen LogP contribution in [0.4, 0.5) is 5.69 Å². The molecule has 0 atom stereocenters. The van der Waals surface area contributed by atoms with Crippen molar-refractivity contribution in [1.29, 1.82) is 0 Å². The molecule has 0 aliphatic carbocycles. The minimum absolute atomic E-state index is 0.0437. The van der Waals surface area contributed by atoms with Crippen LogP contribution in [0.2, 0.25) is 10.0 Å². The van der Waals surface area contributed by atoms with Crippen LogP contribution in [-0.4, -0.2) is 11.0 Å². The van der Waals surface area contributed by atoms with Crippen LogP contribution in [0.15, 0.2) is 29.6 Å². The number of carbonyl (C=O) groups excluding carboxylic acids is 1. The van der Waals surface area contributed by atoms with E-state index in [4.69, 9.17) is 23.2 Å². The Morgan fingerprint density at radius 3 is 2.59 bits per heavy atom. The molecule has 2 N–H and O–H groups in total. The molecule has 2 rings (SSSR count). The third kappa shape index (κ3) is 2.72. The van der Waals surface area contributed by atoms with Crippen LogP contribution < -0.4 is 5.32 Å². The molecule has 2 aromatic rings. The molecule has 1 amide bonds. The van der Waals surface area contributed by atoms with Gasteiger partial charge in [0, 0.05) is 6.07 Å². The van der Waals surface area contributed by atoms with Crippen molar-refractivity contribution in [2.45, 2.75) is 0 Å². The molecule has 6 heteroatoms. The van der Waals surface area contributed by atoms with E-state index in [1.54, 1.807) is 11.4 Å². The van der Waals surface area contributed by atoms with Gasteiger partial charge in [-0.2, -0.15) is 0 Å². The van der Waals surface area contributed by atoms with Gasteiger partial charge in [0.2, 0.25) is 0 Å². The molecule has 0 saturated carbocycles. The van der Waals surface area contributed by atoms with Gasteiger partial charge in [0.25, 0.3) is 5.91 Å². The molecule has 1 heterocycles. The summed E-state index contributed by atoms with van der Waals surface area (Å²) in [5.41, 5.74) is 0.430. The van der Waals surface area contributed by atoms with Crippen molar-refractivity contribution >= 4 is 46.1 Å². The van der Waals surface area contributed by atoms with Crippen molar-refractivity contribution in [3.8, 4) is 5.75 Å². The van der Waals surface area contributed by atoms with Gasteiger partial charge in [-0.15, -0.1) is 11.3 Å². The summed E-state index contributed by atoms with van der Waals surface area (Å²) in [7, 11) is 0. The van der Waals surface area contributed by atoms with Crippen molar-refractivity contribution in [2.75, 3.05) is 5.32 Å². The molecule has 0 aliphatic heterocycles.